The van der Waals surface area contributed by atoms with E-state index in [0.29, 0.717) is 0 Å². The van der Waals surface area contributed by atoms with Crippen LogP contribution in [0.3, 0.4) is 0 Å². The Morgan fingerprint density at radius 3 is 2.19 bits per heavy atom. The van der Waals surface area contributed by atoms with Gasteiger partial charge in [-0.2, -0.15) is 0 Å². The van der Waals surface area contributed by atoms with Crippen LogP contribution in [0.4, 0.5) is 5.69 Å². The standard InChI is InChI=1S/C8H4ClNO6/c9-3-1-4(7(11)12)6(8(13)14)5(2-3)10(15)16/h1-2H,(H,11,12)(H,13,14). The predicted molar refractivity (Wildman–Crippen MR) is 52.0 cm³/mol. The van der Waals surface area contributed by atoms with E-state index in [-0.39, 0.29) is 5.02 Å². The van der Waals surface area contributed by atoms with Gasteiger partial charge in [0.15, 0.2) is 5.56 Å². The van der Waals surface area contributed by atoms with Crippen molar-refractivity contribution in [1.29, 1.82) is 0 Å². The monoisotopic (exact) mass is 245 g/mol. The molecule has 0 amide bonds. The van der Waals surface area contributed by atoms with Crippen molar-refractivity contribution in [2.75, 3.05) is 0 Å². The van der Waals surface area contributed by atoms with Gasteiger partial charge in [-0.25, -0.2) is 9.59 Å². The molecule has 0 fully saturated rings. The number of hydrogen-bond acceptors (Lipinski definition) is 4. The first-order chi connectivity index (χ1) is 7.34. The van der Waals surface area contributed by atoms with Crippen LogP contribution < -0.4 is 0 Å². The Morgan fingerprint density at radius 2 is 1.81 bits per heavy atom. The van der Waals surface area contributed by atoms with Crippen LogP contribution >= 0.6 is 11.6 Å². The average Bonchev–Trinajstić information content (AvgIpc) is 2.15. The number of nitrogens with zero attached hydrogens (tertiary/aromatic N) is 1. The summed E-state index contributed by atoms with van der Waals surface area (Å²) in [4.78, 5) is 31.0. The van der Waals surface area contributed by atoms with Gasteiger partial charge in [-0.3, -0.25) is 10.1 Å². The third-order valence-corrected chi connectivity index (χ3v) is 1.94. The molecule has 0 saturated carbocycles. The van der Waals surface area contributed by atoms with Crippen LogP contribution in [0.1, 0.15) is 20.7 Å². The number of aromatic carboxylic acids is 2. The first-order valence-corrected chi connectivity index (χ1v) is 4.17. The summed E-state index contributed by atoms with van der Waals surface area (Å²) in [6, 6.07) is 1.64. The predicted octanol–water partition coefficient (Wildman–Crippen LogP) is 1.64. The highest BCUT2D eigenvalue weighted by Gasteiger charge is 2.28. The molecule has 1 rings (SSSR count). The molecule has 0 aliphatic rings. The summed E-state index contributed by atoms with van der Waals surface area (Å²) < 4.78 is 0. The number of nitro groups is 1. The number of benzene rings is 1. The highest BCUT2D eigenvalue weighted by Crippen LogP contribution is 2.27. The zero-order valence-corrected chi connectivity index (χ0v) is 8.26. The zero-order valence-electron chi connectivity index (χ0n) is 7.51. The molecule has 0 bridgehead atoms. The van der Waals surface area contributed by atoms with Crippen molar-refractivity contribution in [2.45, 2.75) is 0 Å². The molecule has 0 heterocycles. The Balaban J connectivity index is 3.67. The normalized spacial score (nSPS) is 9.81. The van der Waals surface area contributed by atoms with Crippen LogP contribution in [0.25, 0.3) is 0 Å². The quantitative estimate of drug-likeness (QED) is 0.617. The third kappa shape index (κ3) is 2.09. The third-order valence-electron chi connectivity index (χ3n) is 1.72. The molecule has 16 heavy (non-hydrogen) atoms. The van der Waals surface area contributed by atoms with Crippen molar-refractivity contribution >= 4 is 29.2 Å². The highest BCUT2D eigenvalue weighted by molar-refractivity contribution is 6.31. The summed E-state index contributed by atoms with van der Waals surface area (Å²) in [5, 5.41) is 27.8. The molecule has 0 aliphatic carbocycles. The summed E-state index contributed by atoms with van der Waals surface area (Å²) in [5.74, 6) is -3.29. The second-order valence-electron chi connectivity index (χ2n) is 2.71. The lowest BCUT2D eigenvalue weighted by Crippen LogP contribution is -2.11. The van der Waals surface area contributed by atoms with Gasteiger partial charge in [-0.15, -0.1) is 0 Å². The van der Waals surface area contributed by atoms with Crippen molar-refractivity contribution in [3.8, 4) is 0 Å². The van der Waals surface area contributed by atoms with Gasteiger partial charge in [-0.05, 0) is 6.07 Å². The summed E-state index contributed by atoms with van der Waals surface area (Å²) in [6.45, 7) is 0. The molecular weight excluding hydrogens is 242 g/mol. The molecule has 0 atom stereocenters. The Kier molecular flexibility index (Phi) is 3.09. The minimum atomic E-state index is -1.69. The minimum absolute atomic E-state index is 0.214. The number of carboxylic acid groups (broad SMARTS) is 2. The lowest BCUT2D eigenvalue weighted by atomic mass is 10.1. The number of halogens is 1. The van der Waals surface area contributed by atoms with Crippen LogP contribution in [0.15, 0.2) is 12.1 Å². The lowest BCUT2D eigenvalue weighted by Gasteiger charge is -2.03. The molecule has 7 nitrogen and oxygen atoms in total. The molecule has 0 radical (unpaired) electrons. The van der Waals surface area contributed by atoms with Crippen LogP contribution in [-0.4, -0.2) is 27.1 Å². The summed E-state index contributed by atoms with van der Waals surface area (Å²) in [7, 11) is 0. The molecule has 8 heteroatoms. The number of nitro benzene ring substituents is 1. The largest absolute Gasteiger partial charge is 0.478 e. The second-order valence-corrected chi connectivity index (χ2v) is 3.15. The zero-order chi connectivity index (χ0) is 12.5. The summed E-state index contributed by atoms with van der Waals surface area (Å²) in [5.41, 5.74) is -2.45. The van der Waals surface area contributed by atoms with E-state index in [4.69, 9.17) is 21.8 Å². The number of carboxylic acids is 2. The molecule has 0 unspecified atom stereocenters. The van der Waals surface area contributed by atoms with Gasteiger partial charge in [0.1, 0.15) is 0 Å². The van der Waals surface area contributed by atoms with E-state index in [2.05, 4.69) is 0 Å². The van der Waals surface area contributed by atoms with Crippen molar-refractivity contribution in [2.24, 2.45) is 0 Å². The molecule has 0 saturated heterocycles. The molecular formula is C8H4ClNO6. The average molecular weight is 246 g/mol. The van der Waals surface area contributed by atoms with Gasteiger partial charge in [0.25, 0.3) is 5.69 Å². The Hall–Kier alpha value is -2.15. The van der Waals surface area contributed by atoms with Crippen LogP contribution in [0, 0.1) is 10.1 Å². The first kappa shape index (κ1) is 11.9. The minimum Gasteiger partial charge on any atom is -0.478 e. The van der Waals surface area contributed by atoms with E-state index in [9.17, 15) is 19.7 Å². The van der Waals surface area contributed by atoms with Crippen molar-refractivity contribution < 1.29 is 24.7 Å². The van der Waals surface area contributed by atoms with Crippen LogP contribution in [0.5, 0.6) is 0 Å². The van der Waals surface area contributed by atoms with E-state index in [1.54, 1.807) is 0 Å². The summed E-state index contributed by atoms with van der Waals surface area (Å²) >= 11 is 5.45. The molecule has 0 aromatic heterocycles. The van der Waals surface area contributed by atoms with E-state index < -0.39 is 33.7 Å². The van der Waals surface area contributed by atoms with Crippen molar-refractivity contribution in [3.05, 3.63) is 38.4 Å². The Bertz CT molecular complexity index is 462. The van der Waals surface area contributed by atoms with Crippen LogP contribution in [-0.2, 0) is 0 Å². The molecule has 0 spiro atoms. The van der Waals surface area contributed by atoms with Gasteiger partial charge in [0, 0.05) is 11.1 Å². The molecule has 1 aromatic carbocycles. The maximum absolute atomic E-state index is 10.8. The Labute approximate surface area is 93.0 Å². The fraction of sp³-hybridized carbons (Fsp3) is 0. The van der Waals surface area contributed by atoms with Gasteiger partial charge in [-0.1, -0.05) is 11.6 Å². The Morgan fingerprint density at radius 1 is 1.25 bits per heavy atom. The van der Waals surface area contributed by atoms with E-state index in [1.165, 1.54) is 0 Å². The number of rotatable bonds is 3. The van der Waals surface area contributed by atoms with E-state index in [0.717, 1.165) is 12.1 Å². The van der Waals surface area contributed by atoms with Gasteiger partial charge < -0.3 is 10.2 Å². The topological polar surface area (TPSA) is 118 Å². The first-order valence-electron chi connectivity index (χ1n) is 3.79. The SMILES string of the molecule is O=C(O)c1cc(Cl)cc([N+](=O)[O-])c1C(=O)O. The second kappa shape index (κ2) is 4.15. The molecule has 1 aromatic rings. The fourth-order valence-electron chi connectivity index (χ4n) is 1.13. The van der Waals surface area contributed by atoms with Gasteiger partial charge in [0.05, 0.1) is 10.5 Å². The van der Waals surface area contributed by atoms with Crippen molar-refractivity contribution in [1.82, 2.24) is 0 Å². The van der Waals surface area contributed by atoms with E-state index >= 15 is 0 Å². The van der Waals surface area contributed by atoms with E-state index in [1.807, 2.05) is 0 Å². The highest BCUT2D eigenvalue weighted by atomic mass is 35.5. The molecule has 2 N–H and O–H groups in total. The van der Waals surface area contributed by atoms with Gasteiger partial charge in [0.2, 0.25) is 0 Å². The molecule has 0 aliphatic heterocycles. The fourth-order valence-corrected chi connectivity index (χ4v) is 1.34. The lowest BCUT2D eigenvalue weighted by molar-refractivity contribution is -0.385. The smallest absolute Gasteiger partial charge is 0.343 e. The maximum atomic E-state index is 10.8. The van der Waals surface area contributed by atoms with Crippen molar-refractivity contribution in [3.63, 3.8) is 0 Å². The number of hydrogen-bond donors (Lipinski definition) is 2. The number of carbonyl (C=O) groups is 2. The van der Waals surface area contributed by atoms with Crippen LogP contribution in [0.2, 0.25) is 5.02 Å². The molecule has 84 valence electrons. The summed E-state index contributed by atoms with van der Waals surface area (Å²) in [6.07, 6.45) is 0. The maximum Gasteiger partial charge on any atom is 0.343 e. The van der Waals surface area contributed by atoms with Gasteiger partial charge >= 0.3 is 11.9 Å².